The van der Waals surface area contributed by atoms with E-state index in [0.29, 0.717) is 6.54 Å². The Hall–Kier alpha value is -0.920. The number of nitrogens with one attached hydrogen (secondary N) is 2. The predicted octanol–water partition coefficient (Wildman–Crippen LogP) is 3.83. The molecule has 0 fully saturated rings. The molecule has 0 saturated heterocycles. The van der Waals surface area contributed by atoms with Gasteiger partial charge in [-0.3, -0.25) is 0 Å². The van der Waals surface area contributed by atoms with Gasteiger partial charge in [0.1, 0.15) is 0 Å². The molecule has 7 heteroatoms. The number of aryl methyl sites for hydroxylation is 1. The van der Waals surface area contributed by atoms with Gasteiger partial charge in [-0.1, -0.05) is 6.92 Å². The minimum atomic E-state index is 0.697. The second-order valence-corrected chi connectivity index (χ2v) is 8.40. The first-order valence-electron chi connectivity index (χ1n) is 7.41. The smallest absolute Gasteiger partial charge is 0.191 e. The zero-order valence-corrected chi connectivity index (χ0v) is 16.1. The molecular formula is C15H21BrN4S2. The Bertz CT molecular complexity index is 606. The molecule has 0 radical (unpaired) electrons. The lowest BCUT2D eigenvalue weighted by Crippen LogP contribution is -2.38. The maximum atomic E-state index is 4.62. The zero-order valence-electron chi connectivity index (χ0n) is 12.9. The first-order valence-corrected chi connectivity index (χ1v) is 9.83. The third-order valence-electron chi connectivity index (χ3n) is 2.95. The molecule has 0 spiro atoms. The molecule has 0 aromatic carbocycles. The van der Waals surface area contributed by atoms with Crippen LogP contribution in [0.4, 0.5) is 0 Å². The van der Waals surface area contributed by atoms with Crippen molar-refractivity contribution in [2.45, 2.75) is 33.2 Å². The van der Waals surface area contributed by atoms with Gasteiger partial charge >= 0.3 is 0 Å². The van der Waals surface area contributed by atoms with Crippen molar-refractivity contribution in [2.24, 2.45) is 4.99 Å². The van der Waals surface area contributed by atoms with E-state index in [4.69, 9.17) is 0 Å². The molecule has 2 rings (SSSR count). The average molecular weight is 401 g/mol. The number of hydrogen-bond donors (Lipinski definition) is 2. The van der Waals surface area contributed by atoms with E-state index in [9.17, 15) is 0 Å². The summed E-state index contributed by atoms with van der Waals surface area (Å²) in [4.78, 5) is 11.7. The number of guanidine groups is 1. The second-order valence-electron chi connectivity index (χ2n) is 4.65. The van der Waals surface area contributed by atoms with E-state index in [-0.39, 0.29) is 0 Å². The first-order chi connectivity index (χ1) is 10.7. The van der Waals surface area contributed by atoms with Crippen molar-refractivity contribution in [3.05, 3.63) is 36.9 Å². The van der Waals surface area contributed by atoms with Gasteiger partial charge in [0.05, 0.1) is 15.3 Å². The third kappa shape index (κ3) is 5.70. The maximum absolute atomic E-state index is 4.62. The molecule has 0 aliphatic carbocycles. The van der Waals surface area contributed by atoms with Crippen molar-refractivity contribution >= 4 is 44.6 Å². The van der Waals surface area contributed by atoms with Gasteiger partial charge in [-0.2, -0.15) is 0 Å². The molecule has 2 N–H and O–H groups in total. The summed E-state index contributed by atoms with van der Waals surface area (Å²) in [5.41, 5.74) is 0. The molecule has 0 amide bonds. The van der Waals surface area contributed by atoms with Crippen molar-refractivity contribution in [1.82, 2.24) is 15.6 Å². The van der Waals surface area contributed by atoms with Crippen molar-refractivity contribution in [3.8, 4) is 0 Å². The highest BCUT2D eigenvalue weighted by Crippen LogP contribution is 2.22. The Labute approximate surface area is 148 Å². The molecule has 0 unspecified atom stereocenters. The fraction of sp³-hybridized carbons (Fsp3) is 0.467. The normalized spacial score (nSPS) is 11.7. The van der Waals surface area contributed by atoms with E-state index in [1.54, 1.807) is 22.7 Å². The van der Waals surface area contributed by atoms with E-state index in [1.807, 2.05) is 6.20 Å². The SMILES string of the molecule is CCNC(=NCc1ccc(Br)s1)NCCc1ncc(CC)s1. The van der Waals surface area contributed by atoms with Crippen molar-refractivity contribution in [3.63, 3.8) is 0 Å². The summed E-state index contributed by atoms with van der Waals surface area (Å²) < 4.78 is 1.14. The Morgan fingerprint density at radius 2 is 2.09 bits per heavy atom. The number of thiophene rings is 1. The van der Waals surface area contributed by atoms with E-state index in [2.05, 4.69) is 62.5 Å². The Balaban J connectivity index is 1.82. The van der Waals surface area contributed by atoms with E-state index in [0.717, 1.165) is 35.7 Å². The number of hydrogen-bond acceptors (Lipinski definition) is 4. The summed E-state index contributed by atoms with van der Waals surface area (Å²) in [5, 5.41) is 7.83. The maximum Gasteiger partial charge on any atom is 0.191 e. The number of rotatable bonds is 7. The van der Waals surface area contributed by atoms with Gasteiger partial charge in [-0.05, 0) is 41.4 Å². The Kier molecular flexibility index (Phi) is 7.35. The zero-order chi connectivity index (χ0) is 15.8. The molecular weight excluding hydrogens is 380 g/mol. The molecule has 2 aromatic heterocycles. The first kappa shape index (κ1) is 17.4. The van der Waals surface area contributed by atoms with Crippen LogP contribution in [0.5, 0.6) is 0 Å². The number of thiazole rings is 1. The topological polar surface area (TPSA) is 49.3 Å². The van der Waals surface area contributed by atoms with E-state index >= 15 is 0 Å². The third-order valence-corrected chi connectivity index (χ3v) is 5.76. The van der Waals surface area contributed by atoms with Crippen LogP contribution < -0.4 is 10.6 Å². The van der Waals surface area contributed by atoms with Gasteiger partial charge in [0, 0.05) is 35.5 Å². The second kappa shape index (κ2) is 9.27. The van der Waals surface area contributed by atoms with Gasteiger partial charge in [-0.15, -0.1) is 22.7 Å². The lowest BCUT2D eigenvalue weighted by Gasteiger charge is -2.10. The van der Waals surface area contributed by atoms with Gasteiger partial charge < -0.3 is 10.6 Å². The largest absolute Gasteiger partial charge is 0.357 e. The number of aromatic nitrogens is 1. The fourth-order valence-corrected chi connectivity index (χ4v) is 4.12. The quantitative estimate of drug-likeness (QED) is 0.548. The molecule has 4 nitrogen and oxygen atoms in total. The van der Waals surface area contributed by atoms with Crippen LogP contribution in [-0.4, -0.2) is 24.0 Å². The standard InChI is InChI=1S/C15H21BrN4S2/c1-3-11-9-19-14(22-11)7-8-18-15(17-4-2)20-10-12-5-6-13(16)21-12/h5-6,9H,3-4,7-8,10H2,1-2H3,(H2,17,18,20). The molecule has 0 aliphatic rings. The van der Waals surface area contributed by atoms with Crippen LogP contribution in [-0.2, 0) is 19.4 Å². The van der Waals surface area contributed by atoms with Crippen LogP contribution in [0.2, 0.25) is 0 Å². The van der Waals surface area contributed by atoms with Crippen LogP contribution >= 0.6 is 38.6 Å². The van der Waals surface area contributed by atoms with Crippen LogP contribution in [0.15, 0.2) is 27.1 Å². The fourth-order valence-electron chi connectivity index (χ4n) is 1.85. The highest BCUT2D eigenvalue weighted by molar-refractivity contribution is 9.11. The van der Waals surface area contributed by atoms with Gasteiger partial charge in [-0.25, -0.2) is 9.98 Å². The highest BCUT2D eigenvalue weighted by atomic mass is 79.9. The average Bonchev–Trinajstić information content (AvgIpc) is 3.13. The van der Waals surface area contributed by atoms with Crippen LogP contribution in [0, 0.1) is 0 Å². The van der Waals surface area contributed by atoms with E-state index < -0.39 is 0 Å². The Morgan fingerprint density at radius 1 is 1.23 bits per heavy atom. The van der Waals surface area contributed by atoms with Crippen LogP contribution in [0.25, 0.3) is 0 Å². The van der Waals surface area contributed by atoms with Crippen LogP contribution in [0.1, 0.15) is 28.6 Å². The summed E-state index contributed by atoms with van der Waals surface area (Å²) in [7, 11) is 0. The molecule has 22 heavy (non-hydrogen) atoms. The summed E-state index contributed by atoms with van der Waals surface area (Å²) in [6, 6.07) is 4.16. The molecule has 2 heterocycles. The van der Waals surface area contributed by atoms with Gasteiger partial charge in [0.2, 0.25) is 0 Å². The predicted molar refractivity (Wildman–Crippen MR) is 100 cm³/mol. The molecule has 0 aliphatic heterocycles. The van der Waals surface area contributed by atoms with Crippen molar-refractivity contribution in [1.29, 1.82) is 0 Å². The molecule has 0 atom stereocenters. The number of aliphatic imine (C=N–C) groups is 1. The summed E-state index contributed by atoms with van der Waals surface area (Å²) in [6.45, 7) is 6.64. The Morgan fingerprint density at radius 3 is 2.73 bits per heavy atom. The van der Waals surface area contributed by atoms with Crippen molar-refractivity contribution < 1.29 is 0 Å². The molecule has 120 valence electrons. The van der Waals surface area contributed by atoms with E-state index in [1.165, 1.54) is 14.8 Å². The van der Waals surface area contributed by atoms with Gasteiger partial charge in [0.15, 0.2) is 5.96 Å². The minimum Gasteiger partial charge on any atom is -0.357 e. The van der Waals surface area contributed by atoms with Crippen LogP contribution in [0.3, 0.4) is 0 Å². The molecule has 2 aromatic rings. The summed E-state index contributed by atoms with van der Waals surface area (Å²) in [5.74, 6) is 0.860. The minimum absolute atomic E-state index is 0.697. The highest BCUT2D eigenvalue weighted by Gasteiger charge is 2.02. The lowest BCUT2D eigenvalue weighted by molar-refractivity contribution is 0.797. The number of halogens is 1. The van der Waals surface area contributed by atoms with Crippen molar-refractivity contribution in [2.75, 3.05) is 13.1 Å². The summed E-state index contributed by atoms with van der Waals surface area (Å²) in [6.07, 6.45) is 3.97. The monoisotopic (exact) mass is 400 g/mol. The number of nitrogens with zero attached hydrogens (tertiary/aromatic N) is 2. The molecule has 0 saturated carbocycles. The molecule has 0 bridgehead atoms. The lowest BCUT2D eigenvalue weighted by atomic mass is 10.4. The summed E-state index contributed by atoms with van der Waals surface area (Å²) >= 11 is 6.99. The van der Waals surface area contributed by atoms with Gasteiger partial charge in [0.25, 0.3) is 0 Å².